The largest absolute Gasteiger partial charge is 0.497 e. The van der Waals surface area contributed by atoms with Gasteiger partial charge in [-0.25, -0.2) is 18.6 Å². The summed E-state index contributed by atoms with van der Waals surface area (Å²) in [4.78, 5) is 33.9. The summed E-state index contributed by atoms with van der Waals surface area (Å²) < 4.78 is 31.6. The number of urea groups is 1. The molecular formula is C22H20F2N4O3. The molecule has 0 saturated heterocycles. The molecule has 0 aliphatic carbocycles. The zero-order chi connectivity index (χ0) is 22.0. The van der Waals surface area contributed by atoms with E-state index >= 15 is 0 Å². The number of ether oxygens (including phenoxy) is 1. The molecule has 7 nitrogen and oxygen atoms in total. The Morgan fingerprint density at radius 1 is 1.23 bits per heavy atom. The van der Waals surface area contributed by atoms with Crippen molar-refractivity contribution in [1.82, 2.24) is 14.9 Å². The first kappa shape index (κ1) is 20.5. The van der Waals surface area contributed by atoms with Gasteiger partial charge in [0.2, 0.25) is 0 Å². The molecule has 2 heterocycles. The minimum atomic E-state index is -1.05. The first-order valence-corrected chi connectivity index (χ1v) is 9.68. The van der Waals surface area contributed by atoms with Crippen LogP contribution in [0.15, 0.2) is 47.3 Å². The molecule has 0 saturated carbocycles. The molecule has 1 aromatic heterocycles. The Bertz CT molecular complexity index is 1200. The van der Waals surface area contributed by atoms with Crippen LogP contribution in [0.3, 0.4) is 0 Å². The average molecular weight is 426 g/mol. The van der Waals surface area contributed by atoms with Crippen molar-refractivity contribution < 1.29 is 18.3 Å². The molecule has 1 aliphatic rings. The molecule has 31 heavy (non-hydrogen) atoms. The molecule has 2 amide bonds. The number of hydrogen-bond acceptors (Lipinski definition) is 4. The molecule has 0 atom stereocenters. The number of carbonyl (C=O) groups is 1. The van der Waals surface area contributed by atoms with Gasteiger partial charge in [0.15, 0.2) is 11.6 Å². The second kappa shape index (κ2) is 8.55. The van der Waals surface area contributed by atoms with E-state index in [2.05, 4.69) is 15.3 Å². The molecule has 0 unspecified atom stereocenters. The highest BCUT2D eigenvalue weighted by Gasteiger charge is 2.25. The number of nitrogens with one attached hydrogen (secondary N) is 2. The van der Waals surface area contributed by atoms with Crippen molar-refractivity contribution in [2.75, 3.05) is 19.0 Å². The molecule has 0 bridgehead atoms. The average Bonchev–Trinajstić information content (AvgIpc) is 2.76. The van der Waals surface area contributed by atoms with Gasteiger partial charge in [-0.3, -0.25) is 4.79 Å². The highest BCUT2D eigenvalue weighted by Crippen LogP contribution is 2.19. The number of halogens is 2. The normalized spacial score (nSPS) is 12.9. The van der Waals surface area contributed by atoms with E-state index in [-0.39, 0.29) is 17.8 Å². The van der Waals surface area contributed by atoms with Crippen LogP contribution >= 0.6 is 0 Å². The van der Waals surface area contributed by atoms with Crippen molar-refractivity contribution in [3.05, 3.63) is 87.1 Å². The number of hydrogen-bond donors (Lipinski definition) is 2. The van der Waals surface area contributed by atoms with Crippen LogP contribution in [0.1, 0.15) is 22.6 Å². The van der Waals surface area contributed by atoms with Gasteiger partial charge in [-0.1, -0.05) is 12.1 Å². The minimum absolute atomic E-state index is 0.0760. The molecule has 2 N–H and O–H groups in total. The summed E-state index contributed by atoms with van der Waals surface area (Å²) in [5.41, 5.74) is 1.86. The summed E-state index contributed by atoms with van der Waals surface area (Å²) in [6.45, 7) is 0.421. The van der Waals surface area contributed by atoms with Gasteiger partial charge < -0.3 is 19.9 Å². The lowest BCUT2D eigenvalue weighted by molar-refractivity contribution is 0.205. The van der Waals surface area contributed by atoms with E-state index in [0.717, 1.165) is 23.4 Å². The maximum Gasteiger partial charge on any atom is 0.322 e. The second-order valence-electron chi connectivity index (χ2n) is 7.20. The lowest BCUT2D eigenvalue weighted by Gasteiger charge is -2.28. The van der Waals surface area contributed by atoms with Crippen molar-refractivity contribution in [1.29, 1.82) is 0 Å². The van der Waals surface area contributed by atoms with Crippen molar-refractivity contribution >= 4 is 11.7 Å². The fraction of sp³-hybridized carbons (Fsp3) is 0.227. The quantitative estimate of drug-likeness (QED) is 0.671. The number of nitrogens with zero attached hydrogens (tertiary/aromatic N) is 2. The monoisotopic (exact) mass is 426 g/mol. The summed E-state index contributed by atoms with van der Waals surface area (Å²) in [6, 6.07) is 10.1. The third-order valence-electron chi connectivity index (χ3n) is 5.08. The van der Waals surface area contributed by atoms with Gasteiger partial charge in [-0.2, -0.15) is 0 Å². The number of aromatic nitrogens is 2. The summed E-state index contributed by atoms with van der Waals surface area (Å²) in [5, 5.41) is 2.52. The van der Waals surface area contributed by atoms with Crippen molar-refractivity contribution in [3.8, 4) is 5.75 Å². The van der Waals surface area contributed by atoms with E-state index in [9.17, 15) is 18.4 Å². The van der Waals surface area contributed by atoms with Gasteiger partial charge in [-0.05, 0) is 29.8 Å². The van der Waals surface area contributed by atoms with Gasteiger partial charge in [0, 0.05) is 31.1 Å². The van der Waals surface area contributed by atoms with Crippen molar-refractivity contribution in [3.63, 3.8) is 0 Å². The summed E-state index contributed by atoms with van der Waals surface area (Å²) in [5.74, 6) is -0.782. The first-order chi connectivity index (χ1) is 14.9. The van der Waals surface area contributed by atoms with Crippen LogP contribution in [0.25, 0.3) is 0 Å². The van der Waals surface area contributed by atoms with Crippen LogP contribution in [0.2, 0.25) is 0 Å². The summed E-state index contributed by atoms with van der Waals surface area (Å²) in [7, 11) is 1.59. The molecule has 0 fully saturated rings. The molecule has 160 valence electrons. The van der Waals surface area contributed by atoms with Crippen LogP contribution < -0.4 is 15.6 Å². The Morgan fingerprint density at radius 2 is 2.06 bits per heavy atom. The van der Waals surface area contributed by atoms with Crippen LogP contribution in [0, 0.1) is 11.6 Å². The molecule has 2 aromatic carbocycles. The number of amides is 2. The van der Waals surface area contributed by atoms with Gasteiger partial charge in [0.25, 0.3) is 5.56 Å². The van der Waals surface area contributed by atoms with E-state index in [1.807, 2.05) is 24.3 Å². The zero-order valence-electron chi connectivity index (χ0n) is 16.7. The van der Waals surface area contributed by atoms with E-state index in [1.165, 1.54) is 11.0 Å². The zero-order valence-corrected chi connectivity index (χ0v) is 16.7. The second-order valence-corrected chi connectivity index (χ2v) is 7.20. The number of anilines is 1. The Labute approximate surface area is 176 Å². The molecule has 1 aliphatic heterocycles. The number of carbonyl (C=O) groups excluding carboxylic acids is 1. The number of methoxy groups -OCH3 is 1. The first-order valence-electron chi connectivity index (χ1n) is 9.68. The van der Waals surface area contributed by atoms with Gasteiger partial charge in [0.05, 0.1) is 24.9 Å². The number of benzene rings is 2. The van der Waals surface area contributed by atoms with E-state index in [0.29, 0.717) is 36.5 Å². The lowest BCUT2D eigenvalue weighted by Crippen LogP contribution is -2.42. The maximum absolute atomic E-state index is 13.4. The maximum atomic E-state index is 13.4. The fourth-order valence-corrected chi connectivity index (χ4v) is 3.49. The number of aromatic amines is 1. The van der Waals surface area contributed by atoms with E-state index in [4.69, 9.17) is 4.74 Å². The Kier molecular flexibility index (Phi) is 5.66. The minimum Gasteiger partial charge on any atom is -0.497 e. The van der Waals surface area contributed by atoms with Crippen molar-refractivity contribution in [2.45, 2.75) is 19.4 Å². The van der Waals surface area contributed by atoms with Crippen LogP contribution in [0.5, 0.6) is 5.75 Å². The Hall–Kier alpha value is -3.75. The van der Waals surface area contributed by atoms with Crippen molar-refractivity contribution in [2.24, 2.45) is 0 Å². The molecular weight excluding hydrogens is 406 g/mol. The van der Waals surface area contributed by atoms with Crippen LogP contribution in [-0.2, 0) is 19.4 Å². The number of H-pyrrole nitrogens is 1. The standard InChI is InChI=1S/C22H20F2N4O3/c1-31-15-4-2-3-13(9-15)10-20-26-19-7-8-28(12-16(19)21(29)27-20)22(30)25-14-5-6-17(23)18(24)11-14/h2-6,9,11H,7-8,10,12H2,1H3,(H,25,30)(H,26,27,29). The Balaban J connectivity index is 1.48. The summed E-state index contributed by atoms with van der Waals surface area (Å²) in [6.07, 6.45) is 0.857. The smallest absolute Gasteiger partial charge is 0.322 e. The van der Waals surface area contributed by atoms with Gasteiger partial charge in [0.1, 0.15) is 11.6 Å². The predicted octanol–water partition coefficient (Wildman–Crippen LogP) is 3.24. The molecule has 0 radical (unpaired) electrons. The van der Waals surface area contributed by atoms with Crippen LogP contribution in [0.4, 0.5) is 19.3 Å². The third kappa shape index (κ3) is 4.55. The fourth-order valence-electron chi connectivity index (χ4n) is 3.49. The Morgan fingerprint density at radius 3 is 2.84 bits per heavy atom. The third-order valence-corrected chi connectivity index (χ3v) is 5.08. The van der Waals surface area contributed by atoms with Gasteiger partial charge in [-0.15, -0.1) is 0 Å². The SMILES string of the molecule is COc1cccc(Cc2nc3c(c(=O)[nH]2)CN(C(=O)Nc2ccc(F)c(F)c2)CC3)c1. The topological polar surface area (TPSA) is 87.3 Å². The molecule has 3 aromatic rings. The van der Waals surface area contributed by atoms with E-state index < -0.39 is 17.7 Å². The molecule has 9 heteroatoms. The molecule has 0 spiro atoms. The van der Waals surface area contributed by atoms with Crippen LogP contribution in [-0.4, -0.2) is 34.6 Å². The number of fused-ring (bicyclic) bond motifs is 1. The lowest BCUT2D eigenvalue weighted by atomic mass is 10.1. The van der Waals surface area contributed by atoms with Gasteiger partial charge >= 0.3 is 6.03 Å². The van der Waals surface area contributed by atoms with E-state index in [1.54, 1.807) is 7.11 Å². The highest BCUT2D eigenvalue weighted by molar-refractivity contribution is 5.89. The highest BCUT2D eigenvalue weighted by atomic mass is 19.2. The predicted molar refractivity (Wildman–Crippen MR) is 110 cm³/mol. The molecule has 4 rings (SSSR count). The summed E-state index contributed by atoms with van der Waals surface area (Å²) >= 11 is 0. The number of rotatable bonds is 4.